The number of amides is 1. The first kappa shape index (κ1) is 23.4. The molecular formula is C20H14BrF2N5O5S. The Morgan fingerprint density at radius 1 is 1.18 bits per heavy atom. The van der Waals surface area contributed by atoms with Crippen molar-refractivity contribution in [2.24, 2.45) is 0 Å². The number of carbonyl (C=O) groups is 1. The van der Waals surface area contributed by atoms with Crippen LogP contribution in [0.15, 0.2) is 58.3 Å². The highest BCUT2D eigenvalue weighted by atomic mass is 79.9. The number of hydrogen-bond acceptors (Lipinski definition) is 6. The molecule has 0 radical (unpaired) electrons. The number of methoxy groups -OCH3 is 1. The largest absolute Gasteiger partial charge is 0.480 e. The number of fused-ring (bicyclic) bond motifs is 1. The minimum atomic E-state index is -4.44. The maximum Gasteiger partial charge on any atom is 0.410 e. The lowest BCUT2D eigenvalue weighted by Crippen LogP contribution is -2.15. The molecule has 4 rings (SSSR count). The van der Waals surface area contributed by atoms with E-state index in [0.29, 0.717) is 27.4 Å². The average Bonchev–Trinajstić information content (AvgIpc) is 3.07. The SMILES string of the molecule is COc1ncc(-c2ccc3nc(NC(=O)O)c(Br)n3c2)cc1NS(=O)(=O)c1ccc(F)cc1F. The predicted octanol–water partition coefficient (Wildman–Crippen LogP) is 4.34. The van der Waals surface area contributed by atoms with Gasteiger partial charge in [0.15, 0.2) is 5.82 Å². The fourth-order valence-electron chi connectivity index (χ4n) is 3.11. The van der Waals surface area contributed by atoms with Crippen LogP contribution in [0.2, 0.25) is 0 Å². The van der Waals surface area contributed by atoms with Crippen molar-refractivity contribution in [2.75, 3.05) is 17.1 Å². The summed E-state index contributed by atoms with van der Waals surface area (Å²) < 4.78 is 62.0. The highest BCUT2D eigenvalue weighted by Crippen LogP contribution is 2.32. The summed E-state index contributed by atoms with van der Waals surface area (Å²) in [5.74, 6) is -2.16. The van der Waals surface area contributed by atoms with E-state index in [2.05, 4.69) is 35.9 Å². The van der Waals surface area contributed by atoms with Gasteiger partial charge in [-0.2, -0.15) is 0 Å². The van der Waals surface area contributed by atoms with Gasteiger partial charge in [0.05, 0.1) is 7.11 Å². The number of pyridine rings is 2. The molecule has 3 N–H and O–H groups in total. The zero-order valence-corrected chi connectivity index (χ0v) is 19.5. The summed E-state index contributed by atoms with van der Waals surface area (Å²) in [5, 5.41) is 11.1. The lowest BCUT2D eigenvalue weighted by molar-refractivity contribution is 0.209. The van der Waals surface area contributed by atoms with Crippen LogP contribution in [0.3, 0.4) is 0 Å². The van der Waals surface area contributed by atoms with Gasteiger partial charge in [0.2, 0.25) is 5.88 Å². The number of anilines is 2. The van der Waals surface area contributed by atoms with Crippen LogP contribution in [0.1, 0.15) is 0 Å². The Balaban J connectivity index is 1.74. The summed E-state index contributed by atoms with van der Waals surface area (Å²) in [6, 6.07) is 6.81. The Labute approximate surface area is 199 Å². The van der Waals surface area contributed by atoms with Crippen molar-refractivity contribution in [3.05, 3.63) is 65.0 Å². The number of halogens is 3. The Bertz CT molecular complexity index is 1540. The molecule has 0 spiro atoms. The molecule has 34 heavy (non-hydrogen) atoms. The lowest BCUT2D eigenvalue weighted by atomic mass is 10.1. The molecule has 0 aliphatic carbocycles. The van der Waals surface area contributed by atoms with Crippen molar-refractivity contribution in [1.82, 2.24) is 14.4 Å². The number of carboxylic acid groups (broad SMARTS) is 1. The fourth-order valence-corrected chi connectivity index (χ4v) is 4.69. The van der Waals surface area contributed by atoms with Crippen LogP contribution < -0.4 is 14.8 Å². The molecule has 4 aromatic rings. The van der Waals surface area contributed by atoms with Crippen LogP contribution in [0, 0.1) is 11.6 Å². The molecule has 1 amide bonds. The van der Waals surface area contributed by atoms with E-state index in [0.717, 1.165) is 12.1 Å². The van der Waals surface area contributed by atoms with Crippen LogP contribution >= 0.6 is 15.9 Å². The van der Waals surface area contributed by atoms with Crippen molar-refractivity contribution < 1.29 is 31.8 Å². The zero-order chi connectivity index (χ0) is 24.6. The average molecular weight is 554 g/mol. The molecule has 0 saturated heterocycles. The first-order valence-corrected chi connectivity index (χ1v) is 11.6. The minimum Gasteiger partial charge on any atom is -0.480 e. The number of imidazole rings is 1. The summed E-state index contributed by atoms with van der Waals surface area (Å²) in [5.41, 5.74) is 1.37. The number of sulfonamides is 1. The van der Waals surface area contributed by atoms with Gasteiger partial charge in [-0.15, -0.1) is 0 Å². The first-order chi connectivity index (χ1) is 16.1. The number of aromatic nitrogens is 3. The minimum absolute atomic E-state index is 0.0762. The molecule has 3 aromatic heterocycles. The molecule has 0 aliphatic rings. The fraction of sp³-hybridized carbons (Fsp3) is 0.0500. The molecule has 0 saturated carbocycles. The third-order valence-corrected chi connectivity index (χ3v) is 6.75. The van der Waals surface area contributed by atoms with Gasteiger partial charge >= 0.3 is 6.09 Å². The first-order valence-electron chi connectivity index (χ1n) is 9.29. The molecule has 10 nitrogen and oxygen atoms in total. The molecule has 14 heteroatoms. The van der Waals surface area contributed by atoms with Gasteiger partial charge in [-0.25, -0.2) is 32.0 Å². The predicted molar refractivity (Wildman–Crippen MR) is 121 cm³/mol. The quantitative estimate of drug-likeness (QED) is 0.323. The highest BCUT2D eigenvalue weighted by molar-refractivity contribution is 9.10. The molecule has 0 aliphatic heterocycles. The van der Waals surface area contributed by atoms with Crippen LogP contribution in [0.5, 0.6) is 5.88 Å². The Hall–Kier alpha value is -3.78. The maximum atomic E-state index is 14.1. The molecule has 3 heterocycles. The summed E-state index contributed by atoms with van der Waals surface area (Å²) in [6.07, 6.45) is 1.77. The number of nitrogens with one attached hydrogen (secondary N) is 2. The number of ether oxygens (including phenoxy) is 1. The van der Waals surface area contributed by atoms with E-state index >= 15 is 0 Å². The second-order valence-electron chi connectivity index (χ2n) is 6.79. The van der Waals surface area contributed by atoms with E-state index in [-0.39, 0.29) is 17.4 Å². The van der Waals surface area contributed by atoms with Gasteiger partial charge in [0, 0.05) is 29.6 Å². The Morgan fingerprint density at radius 2 is 1.94 bits per heavy atom. The third kappa shape index (κ3) is 4.49. The van der Waals surface area contributed by atoms with Crippen LogP contribution in [-0.4, -0.2) is 41.1 Å². The number of rotatable bonds is 6. The standard InChI is InChI=1S/C20H14BrF2N5O5S/c1-33-19-14(27-34(31,32)15-4-3-12(22)7-13(15)23)6-11(8-24-19)10-2-5-16-25-18(26-20(29)30)17(21)28(16)9-10/h2-9,26-27H,1H3,(H,29,30). The van der Waals surface area contributed by atoms with Crippen LogP contribution in [0.25, 0.3) is 16.8 Å². The Kier molecular flexibility index (Phi) is 6.10. The molecule has 0 atom stereocenters. The Morgan fingerprint density at radius 3 is 2.62 bits per heavy atom. The van der Waals surface area contributed by atoms with E-state index in [9.17, 15) is 22.0 Å². The van der Waals surface area contributed by atoms with E-state index < -0.39 is 32.6 Å². The van der Waals surface area contributed by atoms with Crippen molar-refractivity contribution in [1.29, 1.82) is 0 Å². The molecule has 1 aromatic carbocycles. The normalized spacial score (nSPS) is 11.4. The molecule has 176 valence electrons. The van der Waals surface area contributed by atoms with Crippen molar-refractivity contribution in [3.8, 4) is 17.0 Å². The van der Waals surface area contributed by atoms with Gasteiger partial charge in [-0.3, -0.25) is 14.4 Å². The lowest BCUT2D eigenvalue weighted by Gasteiger charge is -2.13. The summed E-state index contributed by atoms with van der Waals surface area (Å²) >= 11 is 3.29. The second kappa shape index (κ2) is 8.87. The second-order valence-corrected chi connectivity index (χ2v) is 9.19. The molecule has 0 fully saturated rings. The van der Waals surface area contributed by atoms with Gasteiger partial charge in [-0.1, -0.05) is 0 Å². The van der Waals surface area contributed by atoms with E-state index in [4.69, 9.17) is 9.84 Å². The maximum absolute atomic E-state index is 14.1. The molecule has 0 unspecified atom stereocenters. The number of nitrogens with zero attached hydrogens (tertiary/aromatic N) is 3. The number of hydrogen-bond donors (Lipinski definition) is 3. The summed E-state index contributed by atoms with van der Waals surface area (Å²) in [6.45, 7) is 0. The number of benzene rings is 1. The van der Waals surface area contributed by atoms with Crippen LogP contribution in [0.4, 0.5) is 25.1 Å². The molecular weight excluding hydrogens is 540 g/mol. The van der Waals surface area contributed by atoms with Gasteiger partial charge < -0.3 is 9.84 Å². The van der Waals surface area contributed by atoms with E-state index in [1.807, 2.05) is 0 Å². The zero-order valence-electron chi connectivity index (χ0n) is 17.1. The topological polar surface area (TPSA) is 135 Å². The smallest absolute Gasteiger partial charge is 0.410 e. The van der Waals surface area contributed by atoms with Crippen molar-refractivity contribution >= 4 is 49.2 Å². The summed E-state index contributed by atoms with van der Waals surface area (Å²) in [7, 11) is -3.16. The van der Waals surface area contributed by atoms with Gasteiger partial charge in [0.25, 0.3) is 10.0 Å². The van der Waals surface area contributed by atoms with Gasteiger partial charge in [0.1, 0.15) is 32.5 Å². The third-order valence-electron chi connectivity index (χ3n) is 4.59. The van der Waals surface area contributed by atoms with Crippen LogP contribution in [-0.2, 0) is 10.0 Å². The molecule has 0 bridgehead atoms. The monoisotopic (exact) mass is 553 g/mol. The van der Waals surface area contributed by atoms with Crippen molar-refractivity contribution in [2.45, 2.75) is 4.90 Å². The van der Waals surface area contributed by atoms with Gasteiger partial charge in [-0.05, 0) is 46.3 Å². The van der Waals surface area contributed by atoms with Crippen molar-refractivity contribution in [3.63, 3.8) is 0 Å². The highest BCUT2D eigenvalue weighted by Gasteiger charge is 2.22. The summed E-state index contributed by atoms with van der Waals surface area (Å²) in [4.78, 5) is 18.5. The van der Waals surface area contributed by atoms with E-state index in [1.54, 1.807) is 22.7 Å². The van der Waals surface area contributed by atoms with E-state index in [1.165, 1.54) is 19.4 Å².